The van der Waals surface area contributed by atoms with E-state index in [4.69, 9.17) is 0 Å². The average Bonchev–Trinajstić information content (AvgIpc) is 2.90. The van der Waals surface area contributed by atoms with Crippen molar-refractivity contribution in [3.05, 3.63) is 51.2 Å². The molecule has 0 saturated heterocycles. The van der Waals surface area contributed by atoms with Gasteiger partial charge in [0.25, 0.3) is 5.91 Å². The van der Waals surface area contributed by atoms with Crippen molar-refractivity contribution in [2.75, 3.05) is 11.6 Å². The van der Waals surface area contributed by atoms with E-state index >= 15 is 0 Å². The highest BCUT2D eigenvalue weighted by molar-refractivity contribution is 7.89. The fraction of sp³-hybridized carbons (Fsp3) is 0.312. The van der Waals surface area contributed by atoms with Gasteiger partial charge in [-0.15, -0.1) is 11.3 Å². The van der Waals surface area contributed by atoms with E-state index in [2.05, 4.69) is 5.32 Å². The van der Waals surface area contributed by atoms with Crippen LogP contribution in [0, 0.1) is 6.92 Å². The molecular formula is C16H19NO3S2. The first kappa shape index (κ1) is 16.7. The minimum Gasteiger partial charge on any atom is -0.321 e. The minimum absolute atomic E-state index is 0.0260. The van der Waals surface area contributed by atoms with Crippen molar-refractivity contribution in [3.63, 3.8) is 0 Å². The molecule has 0 atom stereocenters. The Balaban J connectivity index is 2.27. The van der Waals surface area contributed by atoms with Gasteiger partial charge < -0.3 is 5.32 Å². The molecule has 1 aromatic heterocycles. The van der Waals surface area contributed by atoms with Gasteiger partial charge in [0, 0.05) is 11.9 Å². The maximum Gasteiger partial charge on any atom is 0.266 e. The summed E-state index contributed by atoms with van der Waals surface area (Å²) in [7, 11) is -3.11. The third-order valence-corrected chi connectivity index (χ3v) is 5.24. The first-order valence-corrected chi connectivity index (χ1v) is 9.89. The first-order valence-electron chi connectivity index (χ1n) is 6.95. The minimum atomic E-state index is -3.11. The van der Waals surface area contributed by atoms with Gasteiger partial charge in [-0.25, -0.2) is 8.42 Å². The second-order valence-corrected chi connectivity index (χ2v) is 8.30. The molecule has 0 unspecified atom stereocenters. The Morgan fingerprint density at radius 1 is 1.23 bits per heavy atom. The molecule has 1 aromatic carbocycles. The molecule has 2 rings (SSSR count). The summed E-state index contributed by atoms with van der Waals surface area (Å²) in [6.45, 7) is 3.84. The predicted octanol–water partition coefficient (Wildman–Crippen LogP) is 3.42. The van der Waals surface area contributed by atoms with Gasteiger partial charge in [0.1, 0.15) is 0 Å². The summed E-state index contributed by atoms with van der Waals surface area (Å²) in [5.41, 5.74) is 3.17. The summed E-state index contributed by atoms with van der Waals surface area (Å²) in [6, 6.07) is 7.28. The van der Waals surface area contributed by atoms with Crippen LogP contribution in [-0.4, -0.2) is 20.6 Å². The number of carbonyl (C=O) groups excluding carboxylic acids is 1. The molecule has 0 aliphatic carbocycles. The molecule has 118 valence electrons. The number of nitrogens with one attached hydrogen (secondary N) is 1. The largest absolute Gasteiger partial charge is 0.321 e. The number of benzene rings is 1. The monoisotopic (exact) mass is 337 g/mol. The van der Waals surface area contributed by atoms with E-state index in [9.17, 15) is 13.2 Å². The molecule has 1 amide bonds. The van der Waals surface area contributed by atoms with Gasteiger partial charge in [0.2, 0.25) is 0 Å². The number of amides is 1. The van der Waals surface area contributed by atoms with Gasteiger partial charge in [-0.3, -0.25) is 4.79 Å². The first-order chi connectivity index (χ1) is 10.3. The zero-order valence-electron chi connectivity index (χ0n) is 12.8. The van der Waals surface area contributed by atoms with E-state index in [0.29, 0.717) is 16.1 Å². The van der Waals surface area contributed by atoms with Gasteiger partial charge in [-0.05, 0) is 47.5 Å². The van der Waals surface area contributed by atoms with E-state index in [1.807, 2.05) is 25.3 Å². The third kappa shape index (κ3) is 3.96. The Kier molecular flexibility index (Phi) is 5.03. The van der Waals surface area contributed by atoms with Crippen molar-refractivity contribution < 1.29 is 13.2 Å². The topological polar surface area (TPSA) is 63.2 Å². The average molecular weight is 337 g/mol. The zero-order chi connectivity index (χ0) is 16.3. The van der Waals surface area contributed by atoms with Crippen LogP contribution in [0.3, 0.4) is 0 Å². The lowest BCUT2D eigenvalue weighted by Crippen LogP contribution is -2.14. The highest BCUT2D eigenvalue weighted by Gasteiger charge is 2.15. The SMILES string of the molecule is CCc1ccsc1C(=O)Nc1cccc(CS(C)(=O)=O)c1C. The van der Waals surface area contributed by atoms with Crippen molar-refractivity contribution in [3.8, 4) is 0 Å². The van der Waals surface area contributed by atoms with E-state index in [0.717, 1.165) is 17.5 Å². The molecule has 0 aliphatic heterocycles. The normalized spacial score (nSPS) is 11.4. The van der Waals surface area contributed by atoms with E-state index in [1.165, 1.54) is 17.6 Å². The van der Waals surface area contributed by atoms with E-state index in [1.54, 1.807) is 18.2 Å². The van der Waals surface area contributed by atoms with Gasteiger partial charge in [0.05, 0.1) is 10.6 Å². The Morgan fingerprint density at radius 3 is 2.59 bits per heavy atom. The highest BCUT2D eigenvalue weighted by Crippen LogP contribution is 2.23. The number of sulfone groups is 1. The maximum atomic E-state index is 12.4. The molecule has 0 aliphatic rings. The zero-order valence-corrected chi connectivity index (χ0v) is 14.5. The Labute approximate surface area is 135 Å². The third-order valence-electron chi connectivity index (χ3n) is 3.45. The standard InChI is InChI=1S/C16H19NO3S2/c1-4-12-8-9-21-15(12)16(18)17-14-7-5-6-13(11(14)2)10-22(3,19)20/h5-9H,4,10H2,1-3H3,(H,17,18). The smallest absolute Gasteiger partial charge is 0.266 e. The van der Waals surface area contributed by atoms with Crippen molar-refractivity contribution in [1.29, 1.82) is 0 Å². The Morgan fingerprint density at radius 2 is 1.95 bits per heavy atom. The molecule has 6 heteroatoms. The second kappa shape index (κ2) is 6.62. The molecule has 0 saturated carbocycles. The van der Waals surface area contributed by atoms with Crippen molar-refractivity contribution in [1.82, 2.24) is 0 Å². The van der Waals surface area contributed by atoms with Crippen LogP contribution < -0.4 is 5.32 Å². The molecular weight excluding hydrogens is 318 g/mol. The van der Waals surface area contributed by atoms with Crippen LogP contribution in [0.4, 0.5) is 5.69 Å². The lowest BCUT2D eigenvalue weighted by Gasteiger charge is -2.12. The molecule has 22 heavy (non-hydrogen) atoms. The molecule has 1 heterocycles. The Bertz CT molecular complexity index is 791. The highest BCUT2D eigenvalue weighted by atomic mass is 32.2. The van der Waals surface area contributed by atoms with Crippen LogP contribution in [0.5, 0.6) is 0 Å². The molecule has 0 bridgehead atoms. The summed E-state index contributed by atoms with van der Waals surface area (Å²) < 4.78 is 22.9. The van der Waals surface area contributed by atoms with Crippen LogP contribution in [0.15, 0.2) is 29.6 Å². The van der Waals surface area contributed by atoms with Crippen LogP contribution in [0.2, 0.25) is 0 Å². The van der Waals surface area contributed by atoms with Gasteiger partial charge >= 0.3 is 0 Å². The molecule has 1 N–H and O–H groups in total. The van der Waals surface area contributed by atoms with Crippen molar-refractivity contribution >= 4 is 32.8 Å². The van der Waals surface area contributed by atoms with Crippen molar-refractivity contribution in [2.45, 2.75) is 26.0 Å². The number of anilines is 1. The van der Waals surface area contributed by atoms with E-state index in [-0.39, 0.29) is 11.7 Å². The lowest BCUT2D eigenvalue weighted by atomic mass is 10.1. The fourth-order valence-corrected chi connectivity index (χ4v) is 4.02. The summed E-state index contributed by atoms with van der Waals surface area (Å²) in [6.07, 6.45) is 2.01. The number of hydrogen-bond acceptors (Lipinski definition) is 4. The predicted molar refractivity (Wildman–Crippen MR) is 91.4 cm³/mol. The van der Waals surface area contributed by atoms with Crippen LogP contribution >= 0.6 is 11.3 Å². The van der Waals surface area contributed by atoms with Gasteiger partial charge in [-0.1, -0.05) is 19.1 Å². The molecule has 0 spiro atoms. The van der Waals surface area contributed by atoms with Gasteiger partial charge in [0.15, 0.2) is 9.84 Å². The Hall–Kier alpha value is -1.66. The summed E-state index contributed by atoms with van der Waals surface area (Å²) in [4.78, 5) is 13.1. The molecule has 4 nitrogen and oxygen atoms in total. The fourth-order valence-electron chi connectivity index (χ4n) is 2.25. The number of rotatable bonds is 5. The number of thiophene rings is 1. The summed E-state index contributed by atoms with van der Waals surface area (Å²) in [5, 5.41) is 4.79. The number of hydrogen-bond donors (Lipinski definition) is 1. The van der Waals surface area contributed by atoms with Crippen LogP contribution in [0.25, 0.3) is 0 Å². The van der Waals surface area contributed by atoms with Crippen LogP contribution in [0.1, 0.15) is 33.3 Å². The number of carbonyl (C=O) groups is 1. The van der Waals surface area contributed by atoms with Crippen LogP contribution in [-0.2, 0) is 22.0 Å². The molecule has 0 radical (unpaired) electrons. The molecule has 0 fully saturated rings. The van der Waals surface area contributed by atoms with E-state index < -0.39 is 9.84 Å². The lowest BCUT2D eigenvalue weighted by molar-refractivity contribution is 0.102. The van der Waals surface area contributed by atoms with Crippen molar-refractivity contribution in [2.24, 2.45) is 0 Å². The number of aryl methyl sites for hydroxylation is 1. The quantitative estimate of drug-likeness (QED) is 0.909. The second-order valence-electron chi connectivity index (χ2n) is 5.24. The summed E-state index contributed by atoms with van der Waals surface area (Å²) >= 11 is 1.41. The summed E-state index contributed by atoms with van der Waals surface area (Å²) in [5.74, 6) is -0.173. The maximum absolute atomic E-state index is 12.4. The molecule has 2 aromatic rings. The van der Waals surface area contributed by atoms with Gasteiger partial charge in [-0.2, -0.15) is 0 Å².